The molecule has 0 atom stereocenters. The number of anilines is 4. The van der Waals surface area contributed by atoms with Crippen molar-refractivity contribution in [3.05, 3.63) is 174 Å². The van der Waals surface area contributed by atoms with Crippen LogP contribution in [0.3, 0.4) is 0 Å². The molecular formula is C59H58N5OPt-3. The molecule has 66 heavy (non-hydrogen) atoms. The summed E-state index contributed by atoms with van der Waals surface area (Å²) in [5, 5.41) is 11.8. The van der Waals surface area contributed by atoms with Gasteiger partial charge in [-0.05, 0) is 103 Å². The third-order valence-corrected chi connectivity index (χ3v) is 12.6. The maximum Gasteiger partial charge on any atom is 0.135 e. The molecule has 0 radical (unpaired) electrons. The molecule has 0 saturated carbocycles. The van der Waals surface area contributed by atoms with Gasteiger partial charge in [-0.3, -0.25) is 0 Å². The van der Waals surface area contributed by atoms with E-state index in [9.17, 15) is 5.26 Å². The number of nitrogens with zero attached hydrogens (tertiary/aromatic N) is 5. The topological polar surface area (TPSA) is 57.3 Å². The first-order valence-corrected chi connectivity index (χ1v) is 22.6. The van der Waals surface area contributed by atoms with Gasteiger partial charge in [0.25, 0.3) is 0 Å². The van der Waals surface area contributed by atoms with E-state index in [1.807, 2.05) is 42.6 Å². The van der Waals surface area contributed by atoms with E-state index in [2.05, 4.69) is 207 Å². The summed E-state index contributed by atoms with van der Waals surface area (Å²) in [7, 11) is 0. The van der Waals surface area contributed by atoms with Crippen LogP contribution in [-0.4, -0.2) is 9.55 Å². The average molecular weight is 1050 g/mol. The number of benzene rings is 6. The Morgan fingerprint density at radius 2 is 1.23 bits per heavy atom. The Balaban J connectivity index is 0.00000592. The zero-order chi connectivity index (χ0) is 46.2. The third kappa shape index (κ3) is 8.79. The number of aromatic nitrogens is 2. The van der Waals surface area contributed by atoms with Gasteiger partial charge in [-0.2, -0.15) is 17.4 Å². The van der Waals surface area contributed by atoms with Crippen LogP contribution in [0.4, 0.5) is 22.7 Å². The summed E-state index contributed by atoms with van der Waals surface area (Å²) in [4.78, 5) is 9.62. The third-order valence-electron chi connectivity index (χ3n) is 12.6. The van der Waals surface area contributed by atoms with Crippen LogP contribution in [0.15, 0.2) is 128 Å². The molecule has 0 bridgehead atoms. The zero-order valence-electron chi connectivity index (χ0n) is 40.2. The number of rotatable bonds is 6. The Morgan fingerprint density at radius 1 is 0.591 bits per heavy atom. The van der Waals surface area contributed by atoms with Crippen LogP contribution in [-0.2, 0) is 42.7 Å². The van der Waals surface area contributed by atoms with E-state index < -0.39 is 0 Å². The molecule has 2 aromatic heterocycles. The summed E-state index contributed by atoms with van der Waals surface area (Å²) in [5.74, 6) is 1.88. The van der Waals surface area contributed by atoms with E-state index in [0.29, 0.717) is 17.1 Å². The van der Waals surface area contributed by atoms with Gasteiger partial charge in [-0.25, -0.2) is 4.98 Å². The molecule has 0 spiro atoms. The standard InChI is InChI=1S/C59H58N5O.Pt/c1-56(2,3)40-23-21-39(22-24-40)49-36-61-55(34-50(49)59(10,11)12)64-51-27-20-38(35-60)28-48(51)47-26-25-46(33-54(47)64)65-45-17-15-16-43(32-45)62-37-63(53-19-14-13-18-52(53)62)44-30-41(57(4,5)6)29-42(31-44)58(7,8)9;/h13-31,34,36-37H,1-12H3;/q-3;. The largest absolute Gasteiger partial charge is 0.509 e. The Kier molecular flexibility index (Phi) is 11.9. The van der Waals surface area contributed by atoms with Crippen LogP contribution in [0.25, 0.3) is 38.8 Å². The second-order valence-electron chi connectivity index (χ2n) is 21.5. The van der Waals surface area contributed by atoms with Gasteiger partial charge < -0.3 is 19.1 Å². The van der Waals surface area contributed by atoms with Gasteiger partial charge >= 0.3 is 0 Å². The first kappa shape index (κ1) is 46.4. The van der Waals surface area contributed by atoms with Gasteiger partial charge in [0.1, 0.15) is 5.82 Å². The summed E-state index contributed by atoms with van der Waals surface area (Å²) in [6.45, 7) is 29.3. The SMILES string of the molecule is CC(C)(C)c1ccc(-c2cnc(-n3c4[c-]c(Oc5[c-]c(N6[CH-]N(c7cc(C(C)(C)C)cc(C(C)(C)C)c7)c7ccccc76)ccc5)ccc4c4cc(C#N)ccc43)cc2C(C)(C)C)cc1.[Pt]. The molecule has 0 amide bonds. The van der Waals surface area contributed by atoms with Crippen molar-refractivity contribution in [1.29, 1.82) is 5.26 Å². The number of pyridine rings is 1. The maximum absolute atomic E-state index is 9.93. The van der Waals surface area contributed by atoms with Crippen molar-refractivity contribution in [1.82, 2.24) is 9.55 Å². The molecule has 0 fully saturated rings. The van der Waals surface area contributed by atoms with Gasteiger partial charge in [0.15, 0.2) is 0 Å². The van der Waals surface area contributed by atoms with Crippen molar-refractivity contribution in [3.8, 4) is 34.5 Å². The van der Waals surface area contributed by atoms with Crippen molar-refractivity contribution in [2.24, 2.45) is 0 Å². The van der Waals surface area contributed by atoms with Crippen molar-refractivity contribution in [2.75, 3.05) is 9.80 Å². The Hall–Kier alpha value is -6.15. The molecule has 338 valence electrons. The fourth-order valence-corrected chi connectivity index (χ4v) is 8.74. The first-order chi connectivity index (χ1) is 30.7. The van der Waals surface area contributed by atoms with Crippen LogP contribution < -0.4 is 14.5 Å². The predicted octanol–water partition coefficient (Wildman–Crippen LogP) is 15.7. The summed E-state index contributed by atoms with van der Waals surface area (Å²) >= 11 is 0. The molecule has 6 aromatic carbocycles. The molecular weight excluding hydrogens is 990 g/mol. The summed E-state index contributed by atoms with van der Waals surface area (Å²) in [6, 6.07) is 52.0. The monoisotopic (exact) mass is 1050 g/mol. The molecule has 9 rings (SSSR count). The minimum absolute atomic E-state index is 0. The molecule has 0 unspecified atom stereocenters. The quantitative estimate of drug-likeness (QED) is 0.155. The summed E-state index contributed by atoms with van der Waals surface area (Å²) in [6.07, 6.45) is 2.00. The number of ether oxygens (including phenoxy) is 1. The molecule has 7 heteroatoms. The van der Waals surface area contributed by atoms with Crippen molar-refractivity contribution in [3.63, 3.8) is 0 Å². The predicted molar refractivity (Wildman–Crippen MR) is 269 cm³/mol. The van der Waals surface area contributed by atoms with E-state index >= 15 is 0 Å². The van der Waals surface area contributed by atoms with Crippen molar-refractivity contribution >= 4 is 44.6 Å². The van der Waals surface area contributed by atoms with Crippen LogP contribution in [0.2, 0.25) is 0 Å². The minimum atomic E-state index is -0.183. The molecule has 8 aromatic rings. The van der Waals surface area contributed by atoms with Gasteiger partial charge in [0.2, 0.25) is 0 Å². The Labute approximate surface area is 406 Å². The average Bonchev–Trinajstić information content (AvgIpc) is 3.81. The molecule has 1 aliphatic rings. The maximum atomic E-state index is 9.93. The van der Waals surface area contributed by atoms with Crippen molar-refractivity contribution < 1.29 is 25.8 Å². The Morgan fingerprint density at radius 3 is 1.85 bits per heavy atom. The number of hydrogen-bond donors (Lipinski definition) is 0. The van der Waals surface area contributed by atoms with E-state index in [1.165, 1.54) is 22.3 Å². The molecule has 0 N–H and O–H groups in total. The number of hydrogen-bond acceptors (Lipinski definition) is 5. The van der Waals surface area contributed by atoms with Crippen LogP contribution in [0.5, 0.6) is 11.5 Å². The summed E-state index contributed by atoms with van der Waals surface area (Å²) in [5.41, 5.74) is 13.6. The first-order valence-electron chi connectivity index (χ1n) is 22.6. The van der Waals surface area contributed by atoms with E-state index in [0.717, 1.165) is 61.5 Å². The van der Waals surface area contributed by atoms with Crippen molar-refractivity contribution in [2.45, 2.75) is 105 Å². The van der Waals surface area contributed by atoms with E-state index in [1.54, 1.807) is 0 Å². The number of nitriles is 1. The van der Waals surface area contributed by atoms with E-state index in [4.69, 9.17) is 9.72 Å². The summed E-state index contributed by atoms with van der Waals surface area (Å²) < 4.78 is 8.81. The van der Waals surface area contributed by atoms with Crippen LogP contribution >= 0.6 is 0 Å². The van der Waals surface area contributed by atoms with Gasteiger partial charge in [0.05, 0.1) is 11.6 Å². The fourth-order valence-electron chi connectivity index (χ4n) is 8.74. The number of fused-ring (bicyclic) bond motifs is 4. The smallest absolute Gasteiger partial charge is 0.135 e. The van der Waals surface area contributed by atoms with Gasteiger partial charge in [-0.15, -0.1) is 48.1 Å². The molecule has 0 saturated heterocycles. The van der Waals surface area contributed by atoms with Crippen LogP contribution in [0, 0.1) is 30.1 Å². The number of para-hydroxylation sites is 2. The Bertz CT molecular complexity index is 3130. The van der Waals surface area contributed by atoms with Gasteiger partial charge in [0, 0.05) is 66.9 Å². The van der Waals surface area contributed by atoms with Crippen LogP contribution in [0.1, 0.15) is 111 Å². The van der Waals surface area contributed by atoms with Gasteiger partial charge in [-0.1, -0.05) is 131 Å². The molecule has 3 heterocycles. The zero-order valence-corrected chi connectivity index (χ0v) is 42.4. The normalized spacial score (nSPS) is 13.2. The molecule has 6 nitrogen and oxygen atoms in total. The molecule has 0 aliphatic carbocycles. The molecule has 1 aliphatic heterocycles. The minimum Gasteiger partial charge on any atom is -0.509 e. The van der Waals surface area contributed by atoms with E-state index in [-0.39, 0.29) is 42.7 Å². The second kappa shape index (κ2) is 16.9. The second-order valence-corrected chi connectivity index (χ2v) is 21.5. The fraction of sp³-hybridized carbons (Fsp3) is 0.271.